The molecule has 1 aliphatic rings. The summed E-state index contributed by atoms with van der Waals surface area (Å²) in [5.41, 5.74) is 5.09. The normalized spacial score (nSPS) is 20.4. The Morgan fingerprint density at radius 2 is 0.941 bits per heavy atom. The smallest absolute Gasteiger partial charge is 0.336 e. The van der Waals surface area contributed by atoms with E-state index < -0.39 is 36.1 Å². The van der Waals surface area contributed by atoms with E-state index in [1.807, 2.05) is 146 Å². The van der Waals surface area contributed by atoms with Crippen molar-refractivity contribution in [2.24, 2.45) is 0 Å². The van der Waals surface area contributed by atoms with E-state index in [4.69, 9.17) is 28.1 Å². The van der Waals surface area contributed by atoms with Crippen LogP contribution in [0.4, 0.5) is 0 Å². The Hall–Kier alpha value is -4.89. The molecule has 1 aliphatic heterocycles. The van der Waals surface area contributed by atoms with Crippen LogP contribution in [0.3, 0.4) is 0 Å². The molecule has 0 saturated carbocycles. The van der Waals surface area contributed by atoms with Gasteiger partial charge in [0.05, 0.1) is 39.1 Å². The molecule has 1 aromatic heterocycles. The standard InChI is InChI=1S/C44H42O7/c45-41-26-36(37-23-13-14-24-38(37)51-41)25-39-42(47-28-33-17-7-2-8-18-33)44(49-30-35-21-11-4-12-22-35)43(48-29-34-19-9-3-10-20-34)40(50-39)31-46-27-32-15-5-1-6-16-32/h1-24,26,39-40,42-44H,25,27-31H2/t39-,40-,42+,43+,44-/m1/s1. The van der Waals surface area contributed by atoms with E-state index in [-0.39, 0.29) is 6.61 Å². The van der Waals surface area contributed by atoms with Gasteiger partial charge in [-0.1, -0.05) is 140 Å². The van der Waals surface area contributed by atoms with Gasteiger partial charge in [0.15, 0.2) is 0 Å². The van der Waals surface area contributed by atoms with Crippen LogP contribution >= 0.6 is 0 Å². The minimum absolute atomic E-state index is 0.263. The molecule has 1 saturated heterocycles. The lowest BCUT2D eigenvalue weighted by molar-refractivity contribution is -0.272. The van der Waals surface area contributed by atoms with E-state index in [1.54, 1.807) is 6.07 Å². The van der Waals surface area contributed by atoms with Crippen LogP contribution in [0, 0.1) is 0 Å². The maximum atomic E-state index is 12.8. The van der Waals surface area contributed by atoms with Crippen molar-refractivity contribution in [1.29, 1.82) is 0 Å². The van der Waals surface area contributed by atoms with Crippen LogP contribution < -0.4 is 5.63 Å². The van der Waals surface area contributed by atoms with E-state index in [2.05, 4.69) is 0 Å². The van der Waals surface area contributed by atoms with Gasteiger partial charge in [-0.2, -0.15) is 0 Å². The molecule has 0 N–H and O–H groups in total. The Bertz CT molecular complexity index is 1980. The molecular weight excluding hydrogens is 640 g/mol. The number of rotatable bonds is 15. The fourth-order valence-corrected chi connectivity index (χ4v) is 6.61. The fourth-order valence-electron chi connectivity index (χ4n) is 6.61. The van der Waals surface area contributed by atoms with Gasteiger partial charge in [-0.25, -0.2) is 4.79 Å². The molecule has 0 bridgehead atoms. The van der Waals surface area contributed by atoms with Crippen molar-refractivity contribution >= 4 is 11.0 Å². The molecule has 0 amide bonds. The van der Waals surface area contributed by atoms with Crippen LogP contribution in [-0.4, -0.2) is 37.1 Å². The minimum atomic E-state index is -0.564. The van der Waals surface area contributed by atoms with Crippen LogP contribution in [0.5, 0.6) is 0 Å². The van der Waals surface area contributed by atoms with Crippen molar-refractivity contribution in [3.05, 3.63) is 190 Å². The highest BCUT2D eigenvalue weighted by Gasteiger charge is 2.48. The first-order chi connectivity index (χ1) is 25.2. The van der Waals surface area contributed by atoms with Crippen molar-refractivity contribution in [2.45, 2.75) is 63.4 Å². The van der Waals surface area contributed by atoms with Gasteiger partial charge in [0.25, 0.3) is 0 Å². The third-order valence-corrected chi connectivity index (χ3v) is 9.14. The monoisotopic (exact) mass is 682 g/mol. The number of ether oxygens (including phenoxy) is 5. The first-order valence-corrected chi connectivity index (χ1v) is 17.4. The van der Waals surface area contributed by atoms with E-state index in [0.29, 0.717) is 38.4 Å². The number of para-hydroxylation sites is 1. The molecular formula is C44H42O7. The van der Waals surface area contributed by atoms with Crippen molar-refractivity contribution in [3.63, 3.8) is 0 Å². The predicted molar refractivity (Wildman–Crippen MR) is 196 cm³/mol. The Morgan fingerprint density at radius 1 is 0.490 bits per heavy atom. The SMILES string of the molecule is O=c1cc(C[C@H]2O[C@H](COCc3ccccc3)[C@H](OCc3ccccc3)[C@H](OCc3ccccc3)[C@H]2OCc2ccccc2)c2ccccc2o1. The summed E-state index contributed by atoms with van der Waals surface area (Å²) in [7, 11) is 0. The Kier molecular flexibility index (Phi) is 11.8. The van der Waals surface area contributed by atoms with Crippen LogP contribution in [0.2, 0.25) is 0 Å². The molecule has 5 atom stereocenters. The molecule has 6 aromatic rings. The number of hydrogen-bond acceptors (Lipinski definition) is 7. The highest BCUT2D eigenvalue weighted by Crippen LogP contribution is 2.33. The van der Waals surface area contributed by atoms with Gasteiger partial charge < -0.3 is 28.1 Å². The quantitative estimate of drug-likeness (QED) is 0.101. The zero-order valence-corrected chi connectivity index (χ0v) is 28.4. The highest BCUT2D eigenvalue weighted by molar-refractivity contribution is 5.80. The molecule has 7 nitrogen and oxygen atoms in total. The van der Waals surface area contributed by atoms with E-state index >= 15 is 0 Å². The fraction of sp³-hybridized carbons (Fsp3) is 0.250. The number of fused-ring (bicyclic) bond motifs is 1. The van der Waals surface area contributed by atoms with Gasteiger partial charge in [0, 0.05) is 17.9 Å². The third kappa shape index (κ3) is 9.27. The first kappa shape index (κ1) is 34.6. The van der Waals surface area contributed by atoms with E-state index in [1.165, 1.54) is 0 Å². The van der Waals surface area contributed by atoms with Gasteiger partial charge in [0.1, 0.15) is 30.0 Å². The zero-order valence-electron chi connectivity index (χ0n) is 28.4. The van der Waals surface area contributed by atoms with Crippen LogP contribution in [-0.2, 0) is 56.5 Å². The predicted octanol–water partition coefficient (Wildman–Crippen LogP) is 8.08. The second-order valence-electron chi connectivity index (χ2n) is 12.8. The van der Waals surface area contributed by atoms with E-state index in [0.717, 1.165) is 33.2 Å². The Balaban J connectivity index is 1.25. The van der Waals surface area contributed by atoms with Crippen LogP contribution in [0.15, 0.2) is 161 Å². The molecule has 0 spiro atoms. The maximum Gasteiger partial charge on any atom is 0.336 e. The summed E-state index contributed by atoms with van der Waals surface area (Å²) in [6.45, 7) is 1.73. The first-order valence-electron chi connectivity index (χ1n) is 17.4. The largest absolute Gasteiger partial charge is 0.423 e. The average Bonchev–Trinajstić information content (AvgIpc) is 3.18. The molecule has 7 heteroatoms. The van der Waals surface area contributed by atoms with Crippen LogP contribution in [0.25, 0.3) is 11.0 Å². The van der Waals surface area contributed by atoms with Gasteiger partial charge in [-0.3, -0.25) is 0 Å². The number of hydrogen-bond donors (Lipinski definition) is 0. The molecule has 7 rings (SSSR count). The number of benzene rings is 5. The van der Waals surface area contributed by atoms with Crippen molar-refractivity contribution < 1.29 is 28.1 Å². The van der Waals surface area contributed by atoms with Crippen molar-refractivity contribution in [1.82, 2.24) is 0 Å². The lowest BCUT2D eigenvalue weighted by Crippen LogP contribution is -2.61. The summed E-state index contributed by atoms with van der Waals surface area (Å²) in [6.07, 6.45) is -2.29. The second-order valence-corrected chi connectivity index (χ2v) is 12.8. The maximum absolute atomic E-state index is 12.8. The molecule has 1 fully saturated rings. The molecule has 0 radical (unpaired) electrons. The van der Waals surface area contributed by atoms with Crippen LogP contribution in [0.1, 0.15) is 27.8 Å². The molecule has 51 heavy (non-hydrogen) atoms. The topological polar surface area (TPSA) is 76.4 Å². The van der Waals surface area contributed by atoms with Gasteiger partial charge in [-0.15, -0.1) is 0 Å². The average molecular weight is 683 g/mol. The van der Waals surface area contributed by atoms with E-state index in [9.17, 15) is 4.79 Å². The minimum Gasteiger partial charge on any atom is -0.423 e. The van der Waals surface area contributed by atoms with Crippen molar-refractivity contribution in [3.8, 4) is 0 Å². The summed E-state index contributed by atoms with van der Waals surface area (Å²) in [5.74, 6) is 0. The highest BCUT2D eigenvalue weighted by atomic mass is 16.6. The molecule has 2 heterocycles. The summed E-state index contributed by atoms with van der Waals surface area (Å²) in [6, 6.07) is 49.4. The van der Waals surface area contributed by atoms with Gasteiger partial charge in [-0.05, 0) is 33.9 Å². The van der Waals surface area contributed by atoms with Crippen molar-refractivity contribution in [2.75, 3.05) is 6.61 Å². The summed E-state index contributed by atoms with van der Waals surface area (Å²) >= 11 is 0. The Morgan fingerprint density at radius 3 is 1.49 bits per heavy atom. The van der Waals surface area contributed by atoms with Gasteiger partial charge in [0.2, 0.25) is 0 Å². The molecule has 0 aliphatic carbocycles. The summed E-state index contributed by atoms with van der Waals surface area (Å²) in [4.78, 5) is 12.8. The second kappa shape index (κ2) is 17.4. The third-order valence-electron chi connectivity index (χ3n) is 9.14. The lowest BCUT2D eigenvalue weighted by Gasteiger charge is -2.46. The summed E-state index contributed by atoms with van der Waals surface area (Å²) in [5, 5.41) is 0.851. The lowest BCUT2D eigenvalue weighted by atomic mass is 9.90. The molecule has 0 unspecified atom stereocenters. The van der Waals surface area contributed by atoms with Gasteiger partial charge >= 0.3 is 5.63 Å². The zero-order chi connectivity index (χ0) is 34.7. The summed E-state index contributed by atoms with van der Waals surface area (Å²) < 4.78 is 39.4. The Labute approximate surface area is 298 Å². The molecule has 260 valence electrons. The molecule has 5 aromatic carbocycles.